The molecule has 25 heavy (non-hydrogen) atoms. The monoisotopic (exact) mass is 334 g/mol. The number of carbonyl (C=O) groups excluding carboxylic acids is 1. The minimum absolute atomic E-state index is 0.0961. The van der Waals surface area contributed by atoms with Gasteiger partial charge in [-0.3, -0.25) is 4.79 Å². The van der Waals surface area contributed by atoms with E-state index in [1.165, 1.54) is 36.1 Å². The number of carbonyl (C=O) groups is 1. The highest BCUT2D eigenvalue weighted by molar-refractivity contribution is 5.98. The van der Waals surface area contributed by atoms with Crippen LogP contribution in [0.3, 0.4) is 0 Å². The second kappa shape index (κ2) is 5.48. The minimum Gasteiger partial charge on any atom is -0.354 e. The quantitative estimate of drug-likeness (QED) is 0.757. The van der Waals surface area contributed by atoms with Crippen molar-refractivity contribution in [2.45, 2.75) is 51.5 Å². The SMILES string of the molecule is Cn1ccc2c1Cc1ccccc1N(C(=O)C13CCC(CC1)CC3)C2. The smallest absolute Gasteiger partial charge is 0.233 e. The highest BCUT2D eigenvalue weighted by Crippen LogP contribution is 2.52. The second-order valence-electron chi connectivity index (χ2n) is 8.36. The Balaban J connectivity index is 1.59. The minimum atomic E-state index is -0.0961. The first-order valence-corrected chi connectivity index (χ1v) is 9.69. The molecule has 1 amide bonds. The normalized spacial score (nSPS) is 27.6. The Morgan fingerprint density at radius 1 is 1.04 bits per heavy atom. The number of nitrogens with zero attached hydrogens (tertiary/aromatic N) is 2. The molecule has 6 rings (SSSR count). The van der Waals surface area contributed by atoms with Crippen LogP contribution in [0.25, 0.3) is 0 Å². The van der Waals surface area contributed by atoms with E-state index < -0.39 is 0 Å². The maximum Gasteiger partial charge on any atom is 0.233 e. The van der Waals surface area contributed by atoms with Gasteiger partial charge in [-0.1, -0.05) is 18.2 Å². The summed E-state index contributed by atoms with van der Waals surface area (Å²) < 4.78 is 2.21. The van der Waals surface area contributed by atoms with Crippen molar-refractivity contribution in [1.82, 2.24) is 4.57 Å². The van der Waals surface area contributed by atoms with Crippen molar-refractivity contribution < 1.29 is 4.79 Å². The molecule has 1 aromatic heterocycles. The molecule has 3 fully saturated rings. The van der Waals surface area contributed by atoms with E-state index in [-0.39, 0.29) is 5.41 Å². The molecule has 2 aromatic rings. The standard InChI is InChI=1S/C22H26N2O/c1-23-13-9-18-15-24(19-5-3-2-4-17(19)14-20(18)23)21(25)22-10-6-16(7-11-22)8-12-22/h2-5,9,13,16H,6-8,10-12,14-15H2,1H3. The fraction of sp³-hybridized carbons (Fsp3) is 0.500. The Hall–Kier alpha value is -2.03. The Morgan fingerprint density at radius 2 is 1.76 bits per heavy atom. The molecule has 2 bridgehead atoms. The van der Waals surface area contributed by atoms with Crippen LogP contribution >= 0.6 is 0 Å². The number of aryl methyl sites for hydroxylation is 1. The van der Waals surface area contributed by atoms with Crippen LogP contribution in [0.15, 0.2) is 36.5 Å². The summed E-state index contributed by atoms with van der Waals surface area (Å²) in [5.74, 6) is 1.27. The van der Waals surface area contributed by atoms with E-state index in [0.717, 1.165) is 43.8 Å². The average Bonchev–Trinajstić information content (AvgIpc) is 2.92. The van der Waals surface area contributed by atoms with E-state index in [1.807, 2.05) is 0 Å². The van der Waals surface area contributed by atoms with Gasteiger partial charge in [-0.05, 0) is 67.7 Å². The lowest BCUT2D eigenvalue weighted by Gasteiger charge is -2.47. The number of fused-ring (bicyclic) bond motifs is 5. The molecule has 3 nitrogen and oxygen atoms in total. The van der Waals surface area contributed by atoms with Crippen LogP contribution in [-0.2, 0) is 24.8 Å². The number of anilines is 1. The molecule has 4 aliphatic rings. The molecular formula is C22H26N2O. The van der Waals surface area contributed by atoms with E-state index in [2.05, 4.69) is 53.0 Å². The lowest BCUT2D eigenvalue weighted by molar-refractivity contribution is -0.134. The van der Waals surface area contributed by atoms with Gasteiger partial charge in [-0.15, -0.1) is 0 Å². The first-order valence-electron chi connectivity index (χ1n) is 9.69. The molecule has 0 atom stereocenters. The Bertz CT molecular complexity index is 813. The van der Waals surface area contributed by atoms with Crippen LogP contribution in [0.2, 0.25) is 0 Å². The van der Waals surface area contributed by atoms with Gasteiger partial charge < -0.3 is 9.47 Å². The van der Waals surface area contributed by atoms with E-state index in [4.69, 9.17) is 0 Å². The molecule has 3 heteroatoms. The number of hydrogen-bond acceptors (Lipinski definition) is 1. The van der Waals surface area contributed by atoms with Gasteiger partial charge in [0, 0.05) is 36.5 Å². The summed E-state index contributed by atoms with van der Waals surface area (Å²) in [5.41, 5.74) is 4.95. The number of amides is 1. The topological polar surface area (TPSA) is 25.2 Å². The van der Waals surface area contributed by atoms with Gasteiger partial charge in [0.25, 0.3) is 0 Å². The Labute approximate surface area is 149 Å². The van der Waals surface area contributed by atoms with Crippen molar-refractivity contribution in [2.75, 3.05) is 4.90 Å². The molecule has 3 saturated carbocycles. The van der Waals surface area contributed by atoms with Gasteiger partial charge >= 0.3 is 0 Å². The maximum atomic E-state index is 13.8. The lowest BCUT2D eigenvalue weighted by Crippen LogP contribution is -2.48. The largest absolute Gasteiger partial charge is 0.354 e. The lowest BCUT2D eigenvalue weighted by atomic mass is 9.60. The van der Waals surface area contributed by atoms with Crippen molar-refractivity contribution >= 4 is 11.6 Å². The summed E-state index contributed by atoms with van der Waals surface area (Å²) in [6.45, 7) is 0.719. The third-order valence-electron chi connectivity index (χ3n) is 7.06. The van der Waals surface area contributed by atoms with Crippen molar-refractivity contribution in [1.29, 1.82) is 0 Å². The van der Waals surface area contributed by atoms with Crippen LogP contribution < -0.4 is 4.90 Å². The van der Waals surface area contributed by atoms with E-state index in [0.29, 0.717) is 5.91 Å². The molecule has 0 radical (unpaired) electrons. The van der Waals surface area contributed by atoms with Crippen molar-refractivity contribution in [3.63, 3.8) is 0 Å². The zero-order valence-corrected chi connectivity index (χ0v) is 15.0. The van der Waals surface area contributed by atoms with Gasteiger partial charge in [-0.25, -0.2) is 0 Å². The van der Waals surface area contributed by atoms with Gasteiger partial charge in [0.1, 0.15) is 0 Å². The number of aromatic nitrogens is 1. The summed E-state index contributed by atoms with van der Waals surface area (Å²) in [7, 11) is 2.11. The third-order valence-corrected chi connectivity index (χ3v) is 7.06. The highest BCUT2D eigenvalue weighted by Gasteiger charge is 2.48. The Kier molecular flexibility index (Phi) is 3.34. The van der Waals surface area contributed by atoms with E-state index >= 15 is 0 Å². The first kappa shape index (κ1) is 15.2. The number of rotatable bonds is 1. The molecule has 1 aliphatic heterocycles. The predicted molar refractivity (Wildman–Crippen MR) is 99.5 cm³/mol. The zero-order chi connectivity index (χ0) is 17.0. The van der Waals surface area contributed by atoms with Gasteiger partial charge in [0.15, 0.2) is 0 Å². The maximum absolute atomic E-state index is 13.8. The third kappa shape index (κ3) is 2.28. The van der Waals surface area contributed by atoms with Crippen molar-refractivity contribution in [2.24, 2.45) is 18.4 Å². The van der Waals surface area contributed by atoms with Crippen molar-refractivity contribution in [3.05, 3.63) is 53.3 Å². The molecular weight excluding hydrogens is 308 g/mol. The summed E-state index contributed by atoms with van der Waals surface area (Å²) in [6, 6.07) is 10.7. The second-order valence-corrected chi connectivity index (χ2v) is 8.36. The fourth-order valence-corrected chi connectivity index (χ4v) is 5.39. The molecule has 1 aromatic carbocycles. The van der Waals surface area contributed by atoms with Crippen LogP contribution in [-0.4, -0.2) is 10.5 Å². The summed E-state index contributed by atoms with van der Waals surface area (Å²) >= 11 is 0. The number of hydrogen-bond donors (Lipinski definition) is 0. The molecule has 3 aliphatic carbocycles. The van der Waals surface area contributed by atoms with Crippen molar-refractivity contribution in [3.8, 4) is 0 Å². The predicted octanol–water partition coefficient (Wildman–Crippen LogP) is 4.43. The van der Waals surface area contributed by atoms with Gasteiger partial charge in [0.05, 0.1) is 6.54 Å². The van der Waals surface area contributed by atoms with Crippen LogP contribution in [0, 0.1) is 11.3 Å². The summed E-state index contributed by atoms with van der Waals surface area (Å²) in [5, 5.41) is 0. The number of benzene rings is 1. The summed E-state index contributed by atoms with van der Waals surface area (Å²) in [6.07, 6.45) is 10.1. The van der Waals surface area contributed by atoms with Crippen LogP contribution in [0.4, 0.5) is 5.69 Å². The van der Waals surface area contributed by atoms with E-state index in [1.54, 1.807) is 0 Å². The van der Waals surface area contributed by atoms with Gasteiger partial charge in [0.2, 0.25) is 5.91 Å². The van der Waals surface area contributed by atoms with Crippen LogP contribution in [0.1, 0.15) is 55.3 Å². The average molecular weight is 334 g/mol. The number of para-hydroxylation sites is 1. The molecule has 2 heterocycles. The van der Waals surface area contributed by atoms with E-state index in [9.17, 15) is 4.79 Å². The molecule has 0 N–H and O–H groups in total. The summed E-state index contributed by atoms with van der Waals surface area (Å²) in [4.78, 5) is 15.9. The molecule has 0 spiro atoms. The molecule has 130 valence electrons. The van der Waals surface area contributed by atoms with Crippen LogP contribution in [0.5, 0.6) is 0 Å². The van der Waals surface area contributed by atoms with Gasteiger partial charge in [-0.2, -0.15) is 0 Å². The first-order chi connectivity index (χ1) is 12.2. The highest BCUT2D eigenvalue weighted by atomic mass is 16.2. The Morgan fingerprint density at radius 3 is 2.52 bits per heavy atom. The zero-order valence-electron chi connectivity index (χ0n) is 15.0. The fourth-order valence-electron chi connectivity index (χ4n) is 5.39. The molecule has 0 unspecified atom stereocenters. The molecule has 0 saturated heterocycles.